The van der Waals surface area contributed by atoms with E-state index in [9.17, 15) is 9.59 Å². The Kier molecular flexibility index (Phi) is 4.62. The maximum Gasteiger partial charge on any atom is 0.186 e. The van der Waals surface area contributed by atoms with Gasteiger partial charge in [0.15, 0.2) is 11.6 Å². The molecule has 2 heteroatoms. The number of rotatable bonds is 5. The van der Waals surface area contributed by atoms with Crippen molar-refractivity contribution in [1.29, 1.82) is 0 Å². The molecule has 2 aromatic carbocycles. The maximum atomic E-state index is 12.2. The quantitative estimate of drug-likeness (QED) is 0.596. The van der Waals surface area contributed by atoms with Gasteiger partial charge in [-0.1, -0.05) is 61.2 Å². The van der Waals surface area contributed by atoms with Crippen molar-refractivity contribution in [1.82, 2.24) is 0 Å². The standard InChI is InChI=1S/C19H16O2/c1-3-9-19(21)17-13-8-6-11-15(17)14-10-5-7-12-16(14)18(20)4-2/h3-13H,2H2,1H3/b9-3+. The van der Waals surface area contributed by atoms with E-state index in [-0.39, 0.29) is 11.6 Å². The van der Waals surface area contributed by atoms with Crippen LogP contribution in [0.1, 0.15) is 27.6 Å². The summed E-state index contributed by atoms with van der Waals surface area (Å²) in [6.45, 7) is 5.33. The zero-order valence-corrected chi connectivity index (χ0v) is 11.9. The third kappa shape index (κ3) is 3.06. The van der Waals surface area contributed by atoms with Crippen molar-refractivity contribution in [2.24, 2.45) is 0 Å². The minimum atomic E-state index is -0.154. The fraction of sp³-hybridized carbons (Fsp3) is 0.0526. The molecule has 0 aliphatic carbocycles. The molecular weight excluding hydrogens is 260 g/mol. The number of benzene rings is 2. The molecule has 0 radical (unpaired) electrons. The van der Waals surface area contributed by atoms with Crippen LogP contribution in [0.4, 0.5) is 0 Å². The van der Waals surface area contributed by atoms with Gasteiger partial charge in [-0.3, -0.25) is 9.59 Å². The van der Waals surface area contributed by atoms with Crippen LogP contribution in [-0.4, -0.2) is 11.6 Å². The third-order valence-electron chi connectivity index (χ3n) is 3.18. The molecule has 0 spiro atoms. The maximum absolute atomic E-state index is 12.2. The summed E-state index contributed by atoms with van der Waals surface area (Å²) in [5, 5.41) is 0. The van der Waals surface area contributed by atoms with Gasteiger partial charge in [0.1, 0.15) is 0 Å². The molecule has 0 bridgehead atoms. The van der Waals surface area contributed by atoms with E-state index in [2.05, 4.69) is 6.58 Å². The Bertz CT molecular complexity index is 724. The van der Waals surface area contributed by atoms with Gasteiger partial charge in [-0.05, 0) is 30.2 Å². The topological polar surface area (TPSA) is 34.1 Å². The lowest BCUT2D eigenvalue weighted by molar-refractivity contribution is 0.103. The Hall–Kier alpha value is -2.74. The molecule has 0 atom stereocenters. The lowest BCUT2D eigenvalue weighted by Gasteiger charge is -2.10. The highest BCUT2D eigenvalue weighted by Crippen LogP contribution is 2.28. The number of hydrogen-bond donors (Lipinski definition) is 0. The van der Waals surface area contributed by atoms with Crippen LogP contribution in [0.3, 0.4) is 0 Å². The highest BCUT2D eigenvalue weighted by molar-refractivity contribution is 6.13. The summed E-state index contributed by atoms with van der Waals surface area (Å²) in [7, 11) is 0. The Morgan fingerprint density at radius 1 is 0.857 bits per heavy atom. The molecule has 0 aliphatic heterocycles. The number of carbonyl (C=O) groups excluding carboxylic acids is 2. The van der Waals surface area contributed by atoms with Crippen molar-refractivity contribution in [2.45, 2.75) is 6.92 Å². The summed E-state index contributed by atoms with van der Waals surface area (Å²) in [5.74, 6) is -0.229. The van der Waals surface area contributed by atoms with Gasteiger partial charge in [0.25, 0.3) is 0 Å². The van der Waals surface area contributed by atoms with Gasteiger partial charge < -0.3 is 0 Å². The summed E-state index contributed by atoms with van der Waals surface area (Å²) in [4.78, 5) is 24.2. The van der Waals surface area contributed by atoms with E-state index in [1.165, 1.54) is 12.2 Å². The SMILES string of the molecule is C=CC(=O)c1ccccc1-c1ccccc1C(=O)/C=C/C. The predicted molar refractivity (Wildman–Crippen MR) is 85.6 cm³/mol. The van der Waals surface area contributed by atoms with Crippen LogP contribution in [0.5, 0.6) is 0 Å². The van der Waals surface area contributed by atoms with Gasteiger partial charge in [-0.15, -0.1) is 0 Å². The first-order valence-corrected chi connectivity index (χ1v) is 6.71. The Balaban J connectivity index is 2.66. The zero-order chi connectivity index (χ0) is 15.2. The minimum absolute atomic E-state index is 0.0750. The lowest BCUT2D eigenvalue weighted by Crippen LogP contribution is -2.02. The molecule has 0 saturated carbocycles. The van der Waals surface area contributed by atoms with Gasteiger partial charge in [-0.2, -0.15) is 0 Å². The molecule has 0 N–H and O–H groups in total. The number of hydrogen-bond acceptors (Lipinski definition) is 2. The van der Waals surface area contributed by atoms with Crippen molar-refractivity contribution in [3.63, 3.8) is 0 Å². The van der Waals surface area contributed by atoms with E-state index in [4.69, 9.17) is 0 Å². The van der Waals surface area contributed by atoms with Crippen molar-refractivity contribution < 1.29 is 9.59 Å². The number of ketones is 2. The summed E-state index contributed by atoms with van der Waals surface area (Å²) < 4.78 is 0. The molecular formula is C19H16O2. The summed E-state index contributed by atoms with van der Waals surface area (Å²) >= 11 is 0. The molecule has 104 valence electrons. The van der Waals surface area contributed by atoms with Crippen LogP contribution in [-0.2, 0) is 0 Å². The van der Waals surface area contributed by atoms with Crippen LogP contribution in [0.15, 0.2) is 73.3 Å². The molecule has 2 aromatic rings. The molecule has 0 aliphatic rings. The van der Waals surface area contributed by atoms with Crippen molar-refractivity contribution in [3.05, 3.63) is 84.5 Å². The second kappa shape index (κ2) is 6.62. The van der Waals surface area contributed by atoms with Gasteiger partial charge >= 0.3 is 0 Å². The van der Waals surface area contributed by atoms with E-state index in [1.54, 1.807) is 31.2 Å². The average molecular weight is 276 g/mol. The molecule has 2 rings (SSSR count). The van der Waals surface area contributed by atoms with E-state index < -0.39 is 0 Å². The molecule has 0 fully saturated rings. The predicted octanol–water partition coefficient (Wildman–Crippen LogP) is 4.48. The molecule has 0 saturated heterocycles. The van der Waals surface area contributed by atoms with E-state index in [0.717, 1.165) is 11.1 Å². The van der Waals surface area contributed by atoms with Gasteiger partial charge in [0.2, 0.25) is 0 Å². The Morgan fingerprint density at radius 2 is 1.33 bits per heavy atom. The highest BCUT2D eigenvalue weighted by Gasteiger charge is 2.15. The molecule has 2 nitrogen and oxygen atoms in total. The monoisotopic (exact) mass is 276 g/mol. The summed E-state index contributed by atoms with van der Waals surface area (Å²) in [6.07, 6.45) is 4.52. The van der Waals surface area contributed by atoms with Crippen LogP contribution < -0.4 is 0 Å². The van der Waals surface area contributed by atoms with Crippen LogP contribution in [0, 0.1) is 0 Å². The fourth-order valence-corrected chi connectivity index (χ4v) is 2.22. The van der Waals surface area contributed by atoms with Crippen molar-refractivity contribution in [3.8, 4) is 11.1 Å². The summed E-state index contributed by atoms with van der Waals surface area (Å²) in [6, 6.07) is 14.5. The lowest BCUT2D eigenvalue weighted by atomic mass is 9.92. The van der Waals surface area contributed by atoms with Crippen LogP contribution in [0.25, 0.3) is 11.1 Å². The molecule has 21 heavy (non-hydrogen) atoms. The second-order valence-electron chi connectivity index (χ2n) is 4.52. The smallest absolute Gasteiger partial charge is 0.186 e. The van der Waals surface area contributed by atoms with Crippen LogP contribution >= 0.6 is 0 Å². The molecule has 0 aromatic heterocycles. The Morgan fingerprint density at radius 3 is 1.81 bits per heavy atom. The van der Waals surface area contributed by atoms with Gasteiger partial charge in [0, 0.05) is 11.1 Å². The molecule has 0 unspecified atom stereocenters. The van der Waals surface area contributed by atoms with E-state index in [1.807, 2.05) is 30.3 Å². The van der Waals surface area contributed by atoms with Crippen LogP contribution in [0.2, 0.25) is 0 Å². The minimum Gasteiger partial charge on any atom is -0.289 e. The first kappa shape index (κ1) is 14.7. The zero-order valence-electron chi connectivity index (χ0n) is 11.9. The fourth-order valence-electron chi connectivity index (χ4n) is 2.22. The summed E-state index contributed by atoms with van der Waals surface area (Å²) in [5.41, 5.74) is 2.63. The molecule has 0 amide bonds. The number of carbonyl (C=O) groups is 2. The first-order chi connectivity index (χ1) is 10.2. The first-order valence-electron chi connectivity index (χ1n) is 6.71. The molecule has 0 heterocycles. The Labute approximate surface area is 124 Å². The van der Waals surface area contributed by atoms with Crippen molar-refractivity contribution >= 4 is 11.6 Å². The van der Waals surface area contributed by atoms with Gasteiger partial charge in [-0.25, -0.2) is 0 Å². The van der Waals surface area contributed by atoms with E-state index in [0.29, 0.717) is 11.1 Å². The number of allylic oxidation sites excluding steroid dienone is 3. The normalized spacial score (nSPS) is 10.5. The third-order valence-corrected chi connectivity index (χ3v) is 3.18. The second-order valence-corrected chi connectivity index (χ2v) is 4.52. The van der Waals surface area contributed by atoms with Gasteiger partial charge in [0.05, 0.1) is 0 Å². The largest absolute Gasteiger partial charge is 0.289 e. The average Bonchev–Trinajstić information content (AvgIpc) is 2.54. The van der Waals surface area contributed by atoms with Crippen molar-refractivity contribution in [2.75, 3.05) is 0 Å². The highest BCUT2D eigenvalue weighted by atomic mass is 16.1. The van der Waals surface area contributed by atoms with E-state index >= 15 is 0 Å².